The van der Waals surface area contributed by atoms with E-state index in [0.717, 1.165) is 18.1 Å². The molecule has 2 atom stereocenters. The molecule has 0 bridgehead atoms. The summed E-state index contributed by atoms with van der Waals surface area (Å²) in [5.74, 6) is 9.22. The maximum absolute atomic E-state index is 13.2. The highest BCUT2D eigenvalue weighted by Crippen LogP contribution is 2.18. The lowest BCUT2D eigenvalue weighted by Crippen LogP contribution is -2.66. The number of nitrogens with two attached hydrogens (primary N) is 1. The van der Waals surface area contributed by atoms with Crippen LogP contribution in [0.3, 0.4) is 0 Å². The largest absolute Gasteiger partial charge is 0.338 e. The van der Waals surface area contributed by atoms with E-state index in [0.29, 0.717) is 12.1 Å². The minimum Gasteiger partial charge on any atom is -0.338 e. The summed E-state index contributed by atoms with van der Waals surface area (Å²) in [6.45, 7) is 1.61. The number of imidazole rings is 1. The van der Waals surface area contributed by atoms with E-state index in [-0.39, 0.29) is 5.56 Å². The molecule has 0 aliphatic carbocycles. The maximum atomic E-state index is 13.2. The van der Waals surface area contributed by atoms with E-state index < -0.39 is 29.8 Å². The van der Waals surface area contributed by atoms with E-state index in [2.05, 4.69) is 34.0 Å². The van der Waals surface area contributed by atoms with Crippen LogP contribution in [0, 0.1) is 23.7 Å². The third-order valence-electron chi connectivity index (χ3n) is 5.24. The summed E-state index contributed by atoms with van der Waals surface area (Å²) < 4.78 is 28.4. The van der Waals surface area contributed by atoms with E-state index in [4.69, 9.17) is 10.9 Å². The molecule has 36 heavy (non-hydrogen) atoms. The second kappa shape index (κ2) is 11.8. The van der Waals surface area contributed by atoms with Crippen molar-refractivity contribution in [2.75, 3.05) is 0 Å². The Morgan fingerprint density at radius 2 is 1.67 bits per heavy atom. The van der Waals surface area contributed by atoms with Crippen molar-refractivity contribution in [1.82, 2.24) is 20.3 Å². The summed E-state index contributed by atoms with van der Waals surface area (Å²) in [6.07, 6.45) is 2.22. The van der Waals surface area contributed by atoms with E-state index in [1.54, 1.807) is 24.7 Å². The van der Waals surface area contributed by atoms with E-state index in [1.807, 2.05) is 35.0 Å². The number of halogens is 2. The number of hydrogen-bond acceptors (Lipinski definition) is 5. The lowest BCUT2D eigenvalue weighted by molar-refractivity contribution is -0.134. The van der Waals surface area contributed by atoms with Crippen molar-refractivity contribution >= 4 is 11.8 Å². The molecule has 1 aromatic heterocycles. The van der Waals surface area contributed by atoms with Gasteiger partial charge in [-0.15, -0.1) is 0 Å². The first kappa shape index (κ1) is 26.1. The average Bonchev–Trinajstić information content (AvgIpc) is 3.38. The number of benzene rings is 2. The zero-order valence-corrected chi connectivity index (χ0v) is 19.2. The minimum atomic E-state index is -3.14. The molecule has 0 spiro atoms. The standard InChI is InChI=1S/C26H23F2N5O3/c1-26(29,25(27)28)22(24(35)32-36)31-23(34)21-12-10-19(11-13-21)5-3-2-4-18-6-8-20(9-7-18)16-33-15-14-30-17-33/h6-15,17,22,25,36H,16,29H2,1H3,(H,31,34)(H,32,35). The number of hydrogen-bond donors (Lipinski definition) is 4. The second-order valence-corrected chi connectivity index (χ2v) is 8.06. The van der Waals surface area contributed by atoms with Crippen molar-refractivity contribution < 1.29 is 23.6 Å². The minimum absolute atomic E-state index is 0.0863. The van der Waals surface area contributed by atoms with E-state index >= 15 is 0 Å². The van der Waals surface area contributed by atoms with Crippen LogP contribution in [0.2, 0.25) is 0 Å². The van der Waals surface area contributed by atoms with Gasteiger partial charge in [-0.2, -0.15) is 0 Å². The zero-order valence-electron chi connectivity index (χ0n) is 19.2. The summed E-state index contributed by atoms with van der Waals surface area (Å²) in [6, 6.07) is 11.8. The number of nitrogens with zero attached hydrogens (tertiary/aromatic N) is 2. The molecule has 0 aliphatic rings. The molecule has 3 aromatic rings. The first-order chi connectivity index (χ1) is 17.2. The Kier molecular flexibility index (Phi) is 8.52. The molecule has 2 aromatic carbocycles. The molecule has 0 fully saturated rings. The predicted octanol–water partition coefficient (Wildman–Crippen LogP) is 1.92. The van der Waals surface area contributed by atoms with Crippen LogP contribution in [0.15, 0.2) is 67.3 Å². The van der Waals surface area contributed by atoms with Crippen LogP contribution in [0.4, 0.5) is 8.78 Å². The SMILES string of the molecule is CC(N)(C(F)F)C(NC(=O)c1ccc(C#CC#Cc2ccc(Cn3ccnc3)cc2)cc1)C(=O)NO. The molecule has 0 saturated heterocycles. The quantitative estimate of drug-likeness (QED) is 0.229. The number of carbonyl (C=O) groups is 2. The van der Waals surface area contributed by atoms with Crippen molar-refractivity contribution in [1.29, 1.82) is 0 Å². The van der Waals surface area contributed by atoms with Crippen molar-refractivity contribution in [3.8, 4) is 23.7 Å². The number of aromatic nitrogens is 2. The Balaban J connectivity index is 1.62. The van der Waals surface area contributed by atoms with Crippen LogP contribution >= 0.6 is 0 Å². The van der Waals surface area contributed by atoms with Gasteiger partial charge in [-0.3, -0.25) is 14.8 Å². The smallest absolute Gasteiger partial charge is 0.268 e. The highest BCUT2D eigenvalue weighted by molar-refractivity contribution is 5.98. The summed E-state index contributed by atoms with van der Waals surface area (Å²) in [4.78, 5) is 28.3. The van der Waals surface area contributed by atoms with Gasteiger partial charge < -0.3 is 15.6 Å². The molecule has 2 amide bonds. The molecule has 0 radical (unpaired) electrons. The average molecular weight is 491 g/mol. The summed E-state index contributed by atoms with van der Waals surface area (Å²) in [5, 5.41) is 11.0. The number of alkyl halides is 2. The van der Waals surface area contributed by atoms with Gasteiger partial charge in [0.15, 0.2) is 0 Å². The Morgan fingerprint density at radius 1 is 1.08 bits per heavy atom. The molecule has 2 unspecified atom stereocenters. The molecular weight excluding hydrogens is 468 g/mol. The molecule has 8 nitrogen and oxygen atoms in total. The molecule has 0 saturated carbocycles. The summed E-state index contributed by atoms with van der Waals surface area (Å²) >= 11 is 0. The molecular formula is C26H23F2N5O3. The maximum Gasteiger partial charge on any atom is 0.268 e. The van der Waals surface area contributed by atoms with E-state index in [9.17, 15) is 18.4 Å². The van der Waals surface area contributed by atoms with Gasteiger partial charge in [0.1, 0.15) is 11.6 Å². The van der Waals surface area contributed by atoms with Gasteiger partial charge >= 0.3 is 0 Å². The summed E-state index contributed by atoms with van der Waals surface area (Å²) in [5.41, 5.74) is 6.91. The van der Waals surface area contributed by atoms with Crippen molar-refractivity contribution in [2.45, 2.75) is 31.5 Å². The monoisotopic (exact) mass is 491 g/mol. The normalized spacial score (nSPS) is 12.8. The van der Waals surface area contributed by atoms with Crippen LogP contribution in [-0.4, -0.2) is 44.6 Å². The molecule has 1 heterocycles. The number of hydroxylamine groups is 1. The van der Waals surface area contributed by atoms with Gasteiger partial charge in [0, 0.05) is 35.6 Å². The van der Waals surface area contributed by atoms with Crippen LogP contribution < -0.4 is 16.5 Å². The van der Waals surface area contributed by atoms with Crippen molar-refractivity contribution in [2.24, 2.45) is 5.73 Å². The van der Waals surface area contributed by atoms with Gasteiger partial charge in [0.2, 0.25) is 0 Å². The number of carbonyl (C=O) groups excluding carboxylic acids is 2. The fourth-order valence-electron chi connectivity index (χ4n) is 3.10. The Labute approximate surface area is 206 Å². The van der Waals surface area contributed by atoms with Crippen LogP contribution in [-0.2, 0) is 11.3 Å². The lowest BCUT2D eigenvalue weighted by atomic mass is 9.92. The first-order valence-corrected chi connectivity index (χ1v) is 10.7. The van der Waals surface area contributed by atoms with Crippen LogP contribution in [0.25, 0.3) is 0 Å². The Morgan fingerprint density at radius 3 is 2.17 bits per heavy atom. The van der Waals surface area contributed by atoms with E-state index in [1.165, 1.54) is 17.6 Å². The first-order valence-electron chi connectivity index (χ1n) is 10.7. The molecule has 10 heteroatoms. The van der Waals surface area contributed by atoms with Crippen molar-refractivity contribution in [3.05, 3.63) is 89.5 Å². The highest BCUT2D eigenvalue weighted by Gasteiger charge is 2.44. The topological polar surface area (TPSA) is 122 Å². The fourth-order valence-corrected chi connectivity index (χ4v) is 3.10. The van der Waals surface area contributed by atoms with Crippen LogP contribution in [0.1, 0.15) is 34.0 Å². The number of nitrogens with one attached hydrogen (secondary N) is 2. The fraction of sp³-hybridized carbons (Fsp3) is 0.192. The third kappa shape index (κ3) is 6.76. The number of amides is 2. The van der Waals surface area contributed by atoms with Crippen LogP contribution in [0.5, 0.6) is 0 Å². The van der Waals surface area contributed by atoms with Gasteiger partial charge in [0.25, 0.3) is 18.2 Å². The predicted molar refractivity (Wildman–Crippen MR) is 128 cm³/mol. The van der Waals surface area contributed by atoms with Gasteiger partial charge in [0.05, 0.1) is 6.33 Å². The molecule has 0 aliphatic heterocycles. The Bertz CT molecular complexity index is 1310. The molecule has 3 rings (SSSR count). The van der Waals surface area contributed by atoms with Gasteiger partial charge in [-0.05, 0) is 60.7 Å². The summed E-state index contributed by atoms with van der Waals surface area (Å²) in [7, 11) is 0. The van der Waals surface area contributed by atoms with Gasteiger partial charge in [-0.1, -0.05) is 24.0 Å². The third-order valence-corrected chi connectivity index (χ3v) is 5.24. The zero-order chi connectivity index (χ0) is 26.1. The molecule has 5 N–H and O–H groups in total. The van der Waals surface area contributed by atoms with Gasteiger partial charge in [-0.25, -0.2) is 19.2 Å². The molecule has 184 valence electrons. The Hall–Kier alpha value is -4.51. The highest BCUT2D eigenvalue weighted by atomic mass is 19.3. The lowest BCUT2D eigenvalue weighted by Gasteiger charge is -2.32. The second-order valence-electron chi connectivity index (χ2n) is 8.06. The number of rotatable bonds is 7. The van der Waals surface area contributed by atoms with Crippen molar-refractivity contribution in [3.63, 3.8) is 0 Å².